The third-order valence-electron chi connectivity index (χ3n) is 2.21. The van der Waals surface area contributed by atoms with Crippen LogP contribution in [0.2, 0.25) is 0 Å². The van der Waals surface area contributed by atoms with Crippen LogP contribution in [0.1, 0.15) is 6.42 Å². The van der Waals surface area contributed by atoms with Gasteiger partial charge in [-0.2, -0.15) is 13.2 Å². The van der Waals surface area contributed by atoms with E-state index in [2.05, 4.69) is 10.1 Å². The molecule has 0 radical (unpaired) electrons. The van der Waals surface area contributed by atoms with Crippen LogP contribution < -0.4 is 20.5 Å². The van der Waals surface area contributed by atoms with Gasteiger partial charge in [0.1, 0.15) is 0 Å². The molecule has 9 heteroatoms. The van der Waals surface area contributed by atoms with E-state index in [0.717, 1.165) is 0 Å². The molecule has 1 aromatic rings. The lowest BCUT2D eigenvalue weighted by atomic mass is 10.2. The molecule has 0 aliphatic carbocycles. The monoisotopic (exact) mass is 328 g/mol. The van der Waals surface area contributed by atoms with Crippen LogP contribution in [0.5, 0.6) is 11.5 Å². The number of alkyl halides is 3. The highest BCUT2D eigenvalue weighted by atomic mass is 35.5. The van der Waals surface area contributed by atoms with Crippen molar-refractivity contribution >= 4 is 24.0 Å². The summed E-state index contributed by atoms with van der Waals surface area (Å²) in [5, 5.41) is 2.50. The molecular weight excluding hydrogens is 313 g/mol. The quantitative estimate of drug-likeness (QED) is 0.840. The van der Waals surface area contributed by atoms with Crippen molar-refractivity contribution in [2.24, 2.45) is 5.73 Å². The van der Waals surface area contributed by atoms with Gasteiger partial charge in [0.05, 0.1) is 7.11 Å². The standard InChI is InChI=1S/C12H15F3N2O3.ClH/c1-19-9-3-2-8(17-11(18)4-5-16)6-10(9)20-7-12(13,14)15;/h2-3,6H,4-5,7,16H2,1H3,(H,17,18);1H. The molecule has 0 fully saturated rings. The summed E-state index contributed by atoms with van der Waals surface area (Å²) in [5.41, 5.74) is 5.53. The minimum Gasteiger partial charge on any atom is -0.493 e. The number of hydrogen-bond donors (Lipinski definition) is 2. The smallest absolute Gasteiger partial charge is 0.422 e. The molecule has 1 amide bonds. The van der Waals surface area contributed by atoms with E-state index in [1.54, 1.807) is 0 Å². The highest BCUT2D eigenvalue weighted by Crippen LogP contribution is 2.31. The van der Waals surface area contributed by atoms with Crippen LogP contribution in [0.3, 0.4) is 0 Å². The fourth-order valence-electron chi connectivity index (χ4n) is 1.38. The lowest BCUT2D eigenvalue weighted by molar-refractivity contribution is -0.153. The van der Waals surface area contributed by atoms with E-state index in [1.807, 2.05) is 0 Å². The SMILES string of the molecule is COc1ccc(NC(=O)CCN)cc1OCC(F)(F)F.Cl. The molecule has 1 aromatic carbocycles. The van der Waals surface area contributed by atoms with E-state index in [4.69, 9.17) is 10.5 Å². The number of carbonyl (C=O) groups excluding carboxylic acids is 1. The zero-order valence-corrected chi connectivity index (χ0v) is 12.0. The van der Waals surface area contributed by atoms with Crippen molar-refractivity contribution in [1.82, 2.24) is 0 Å². The van der Waals surface area contributed by atoms with Crippen LogP contribution in [0, 0.1) is 0 Å². The Bertz CT molecular complexity index is 470. The molecule has 120 valence electrons. The first kappa shape index (κ1) is 19.3. The topological polar surface area (TPSA) is 73.6 Å². The Balaban J connectivity index is 0.00000400. The average molecular weight is 329 g/mol. The molecule has 0 aromatic heterocycles. The number of carbonyl (C=O) groups is 1. The van der Waals surface area contributed by atoms with Crippen LogP contribution in [-0.4, -0.2) is 32.3 Å². The van der Waals surface area contributed by atoms with Gasteiger partial charge in [0.25, 0.3) is 0 Å². The van der Waals surface area contributed by atoms with Gasteiger partial charge in [0.2, 0.25) is 5.91 Å². The Morgan fingerprint density at radius 2 is 2.00 bits per heavy atom. The van der Waals surface area contributed by atoms with E-state index in [1.165, 1.54) is 25.3 Å². The van der Waals surface area contributed by atoms with Gasteiger partial charge >= 0.3 is 6.18 Å². The van der Waals surface area contributed by atoms with Gasteiger partial charge in [-0.25, -0.2) is 0 Å². The van der Waals surface area contributed by atoms with Crippen molar-refractivity contribution in [3.8, 4) is 11.5 Å². The van der Waals surface area contributed by atoms with Crippen molar-refractivity contribution in [2.45, 2.75) is 12.6 Å². The first-order valence-corrected chi connectivity index (χ1v) is 5.73. The van der Waals surface area contributed by atoms with Gasteiger partial charge < -0.3 is 20.5 Å². The molecule has 1 rings (SSSR count). The molecule has 5 nitrogen and oxygen atoms in total. The molecule has 0 unspecified atom stereocenters. The third kappa shape index (κ3) is 7.05. The molecule has 0 heterocycles. The Kier molecular flexibility index (Phi) is 7.90. The Labute approximate surface area is 126 Å². The Hall–Kier alpha value is -1.67. The average Bonchev–Trinajstić information content (AvgIpc) is 2.36. The summed E-state index contributed by atoms with van der Waals surface area (Å²) < 4.78 is 46.0. The highest BCUT2D eigenvalue weighted by molar-refractivity contribution is 5.91. The minimum atomic E-state index is -4.45. The second-order valence-corrected chi connectivity index (χ2v) is 3.86. The predicted octanol–water partition coefficient (Wildman–Crippen LogP) is 2.35. The first-order chi connectivity index (χ1) is 9.35. The molecule has 0 saturated heterocycles. The van der Waals surface area contributed by atoms with E-state index in [9.17, 15) is 18.0 Å². The van der Waals surface area contributed by atoms with Gasteiger partial charge in [-0.3, -0.25) is 4.79 Å². The number of anilines is 1. The van der Waals surface area contributed by atoms with Crippen molar-refractivity contribution in [3.05, 3.63) is 18.2 Å². The summed E-state index contributed by atoms with van der Waals surface area (Å²) in [7, 11) is 1.31. The van der Waals surface area contributed by atoms with E-state index >= 15 is 0 Å². The maximum absolute atomic E-state index is 12.1. The van der Waals surface area contributed by atoms with Gasteiger partial charge in [0, 0.05) is 24.7 Å². The first-order valence-electron chi connectivity index (χ1n) is 5.73. The van der Waals surface area contributed by atoms with Crippen LogP contribution >= 0.6 is 12.4 Å². The number of halogens is 4. The summed E-state index contributed by atoms with van der Waals surface area (Å²) in [6.07, 6.45) is -4.34. The van der Waals surface area contributed by atoms with Crippen LogP contribution in [0.25, 0.3) is 0 Å². The molecule has 0 aliphatic heterocycles. The highest BCUT2D eigenvalue weighted by Gasteiger charge is 2.29. The maximum Gasteiger partial charge on any atom is 0.422 e. The fourth-order valence-corrected chi connectivity index (χ4v) is 1.38. The molecule has 0 atom stereocenters. The van der Waals surface area contributed by atoms with Gasteiger partial charge in [-0.1, -0.05) is 0 Å². The number of rotatable bonds is 6. The Morgan fingerprint density at radius 3 is 2.52 bits per heavy atom. The van der Waals surface area contributed by atoms with Crippen LogP contribution in [0.4, 0.5) is 18.9 Å². The number of benzene rings is 1. The zero-order chi connectivity index (χ0) is 15.2. The summed E-state index contributed by atoms with van der Waals surface area (Å²) >= 11 is 0. The fraction of sp³-hybridized carbons (Fsp3) is 0.417. The number of ether oxygens (including phenoxy) is 2. The zero-order valence-electron chi connectivity index (χ0n) is 11.2. The maximum atomic E-state index is 12.1. The minimum absolute atomic E-state index is 0. The second-order valence-electron chi connectivity index (χ2n) is 3.86. The summed E-state index contributed by atoms with van der Waals surface area (Å²) in [6, 6.07) is 4.16. The lowest BCUT2D eigenvalue weighted by Crippen LogP contribution is -2.20. The van der Waals surface area contributed by atoms with Crippen LogP contribution in [-0.2, 0) is 4.79 Å². The molecule has 21 heavy (non-hydrogen) atoms. The summed E-state index contributed by atoms with van der Waals surface area (Å²) in [4.78, 5) is 11.4. The molecule has 0 saturated carbocycles. The number of methoxy groups -OCH3 is 1. The number of hydrogen-bond acceptors (Lipinski definition) is 4. The van der Waals surface area contributed by atoms with Gasteiger partial charge in [-0.05, 0) is 12.1 Å². The number of nitrogens with one attached hydrogen (secondary N) is 1. The molecule has 3 N–H and O–H groups in total. The second kappa shape index (κ2) is 8.58. The molecule has 0 bridgehead atoms. The van der Waals surface area contributed by atoms with E-state index in [0.29, 0.717) is 5.69 Å². The van der Waals surface area contributed by atoms with E-state index < -0.39 is 12.8 Å². The van der Waals surface area contributed by atoms with Crippen molar-refractivity contribution < 1.29 is 27.4 Å². The molecular formula is C12H16ClF3N2O3. The van der Waals surface area contributed by atoms with Crippen molar-refractivity contribution in [1.29, 1.82) is 0 Å². The Morgan fingerprint density at radius 1 is 1.33 bits per heavy atom. The van der Waals surface area contributed by atoms with Crippen LogP contribution in [0.15, 0.2) is 18.2 Å². The van der Waals surface area contributed by atoms with Gasteiger partial charge in [0.15, 0.2) is 18.1 Å². The van der Waals surface area contributed by atoms with Crippen molar-refractivity contribution in [3.63, 3.8) is 0 Å². The molecule has 0 spiro atoms. The van der Waals surface area contributed by atoms with E-state index in [-0.39, 0.29) is 42.8 Å². The lowest BCUT2D eigenvalue weighted by Gasteiger charge is -2.14. The normalized spacial score (nSPS) is 10.5. The largest absolute Gasteiger partial charge is 0.493 e. The third-order valence-corrected chi connectivity index (χ3v) is 2.21. The number of nitrogens with two attached hydrogens (primary N) is 1. The summed E-state index contributed by atoms with van der Waals surface area (Å²) in [6.45, 7) is -1.26. The number of amides is 1. The predicted molar refractivity (Wildman–Crippen MR) is 74.1 cm³/mol. The van der Waals surface area contributed by atoms with Crippen molar-refractivity contribution in [2.75, 3.05) is 25.6 Å². The molecule has 0 aliphatic rings. The summed E-state index contributed by atoms with van der Waals surface area (Å²) in [5.74, 6) is -0.291. The van der Waals surface area contributed by atoms with Gasteiger partial charge in [-0.15, -0.1) is 12.4 Å².